The summed E-state index contributed by atoms with van der Waals surface area (Å²) in [6.07, 6.45) is 4.09. The number of furan rings is 1. The molecule has 3 rings (SSSR count). The van der Waals surface area contributed by atoms with E-state index in [2.05, 4.69) is 19.9 Å². The van der Waals surface area contributed by atoms with Gasteiger partial charge in [0, 0.05) is 10.8 Å². The Labute approximate surface area is 114 Å². The maximum absolute atomic E-state index is 11.2. The highest BCUT2D eigenvalue weighted by molar-refractivity contribution is 5.81. The van der Waals surface area contributed by atoms with Gasteiger partial charge in [-0.15, -0.1) is 0 Å². The summed E-state index contributed by atoms with van der Waals surface area (Å²) in [6.45, 7) is 6.34. The highest BCUT2D eigenvalue weighted by Gasteiger charge is 2.48. The van der Waals surface area contributed by atoms with Gasteiger partial charge in [0.15, 0.2) is 0 Å². The molecule has 19 heavy (non-hydrogen) atoms. The average molecular weight is 258 g/mol. The minimum Gasteiger partial charge on any atom is -0.458 e. The molecule has 1 aromatic carbocycles. The topological polar surface area (TPSA) is 33.4 Å². The van der Waals surface area contributed by atoms with Crippen LogP contribution in [-0.4, -0.2) is 5.11 Å². The first-order valence-corrected chi connectivity index (χ1v) is 7.16. The number of fused-ring (bicyclic) bond motifs is 1. The zero-order valence-corrected chi connectivity index (χ0v) is 12.0. The molecule has 0 amide bonds. The number of para-hydroxylation sites is 1. The molecule has 1 aromatic heterocycles. The summed E-state index contributed by atoms with van der Waals surface area (Å²) in [5, 5.41) is 12.3. The molecule has 1 heterocycles. The number of aliphatic hydroxyl groups is 1. The molecule has 1 atom stereocenters. The van der Waals surface area contributed by atoms with Crippen LogP contribution in [0.4, 0.5) is 0 Å². The molecule has 102 valence electrons. The van der Waals surface area contributed by atoms with Crippen LogP contribution in [0.1, 0.15) is 50.9 Å². The van der Waals surface area contributed by atoms with Crippen LogP contribution >= 0.6 is 0 Å². The van der Waals surface area contributed by atoms with Crippen molar-refractivity contribution in [2.24, 2.45) is 5.41 Å². The van der Waals surface area contributed by atoms with Crippen LogP contribution in [0.25, 0.3) is 11.0 Å². The molecule has 1 unspecified atom stereocenters. The Balaban J connectivity index is 2.15. The predicted octanol–water partition coefficient (Wildman–Crippen LogP) is 4.53. The quantitative estimate of drug-likeness (QED) is 0.815. The summed E-state index contributed by atoms with van der Waals surface area (Å²) < 4.78 is 6.03. The monoisotopic (exact) mass is 258 g/mol. The molecule has 0 radical (unpaired) electrons. The third-order valence-electron chi connectivity index (χ3n) is 4.86. The molecule has 2 aromatic rings. The van der Waals surface area contributed by atoms with Gasteiger partial charge in [0.05, 0.1) is 0 Å². The SMILES string of the molecule is Cc1cccc2cc(C3(O)CCCCC3(C)C)oc12. The Morgan fingerprint density at radius 3 is 2.58 bits per heavy atom. The molecule has 0 aliphatic heterocycles. The largest absolute Gasteiger partial charge is 0.458 e. The van der Waals surface area contributed by atoms with Crippen molar-refractivity contribution in [2.45, 2.75) is 52.1 Å². The van der Waals surface area contributed by atoms with Crippen molar-refractivity contribution in [3.8, 4) is 0 Å². The maximum Gasteiger partial charge on any atom is 0.137 e. The van der Waals surface area contributed by atoms with Gasteiger partial charge in [0.1, 0.15) is 16.9 Å². The van der Waals surface area contributed by atoms with Crippen molar-refractivity contribution >= 4 is 11.0 Å². The molecule has 1 aliphatic rings. The molecule has 1 saturated carbocycles. The zero-order chi connectivity index (χ0) is 13.7. The van der Waals surface area contributed by atoms with Crippen LogP contribution < -0.4 is 0 Å². The Morgan fingerprint density at radius 1 is 1.16 bits per heavy atom. The summed E-state index contributed by atoms with van der Waals surface area (Å²) in [7, 11) is 0. The van der Waals surface area contributed by atoms with Crippen LogP contribution in [0.2, 0.25) is 0 Å². The first kappa shape index (κ1) is 12.7. The Hall–Kier alpha value is -1.28. The summed E-state index contributed by atoms with van der Waals surface area (Å²) in [4.78, 5) is 0. The Bertz CT molecular complexity index is 609. The van der Waals surface area contributed by atoms with Gasteiger partial charge in [-0.25, -0.2) is 0 Å². The lowest BCUT2D eigenvalue weighted by atomic mass is 9.64. The van der Waals surface area contributed by atoms with Gasteiger partial charge < -0.3 is 9.52 Å². The van der Waals surface area contributed by atoms with E-state index >= 15 is 0 Å². The van der Waals surface area contributed by atoms with Gasteiger partial charge in [0.2, 0.25) is 0 Å². The average Bonchev–Trinajstić information content (AvgIpc) is 2.79. The molecular formula is C17H22O2. The first-order chi connectivity index (χ1) is 8.94. The Morgan fingerprint density at radius 2 is 1.89 bits per heavy atom. The molecule has 0 spiro atoms. The summed E-state index contributed by atoms with van der Waals surface area (Å²) in [6, 6.07) is 8.16. The van der Waals surface area contributed by atoms with E-state index in [4.69, 9.17) is 4.42 Å². The van der Waals surface area contributed by atoms with Crippen LogP contribution in [0.3, 0.4) is 0 Å². The van der Waals surface area contributed by atoms with Gasteiger partial charge >= 0.3 is 0 Å². The fourth-order valence-electron chi connectivity index (χ4n) is 3.36. The van der Waals surface area contributed by atoms with Crippen LogP contribution in [-0.2, 0) is 5.60 Å². The van der Waals surface area contributed by atoms with Crippen LogP contribution in [0, 0.1) is 12.3 Å². The van der Waals surface area contributed by atoms with E-state index in [1.165, 1.54) is 6.42 Å². The molecule has 1 N–H and O–H groups in total. The van der Waals surface area contributed by atoms with E-state index in [9.17, 15) is 5.11 Å². The lowest BCUT2D eigenvalue weighted by Crippen LogP contribution is -2.44. The van der Waals surface area contributed by atoms with Crippen molar-refractivity contribution in [1.29, 1.82) is 0 Å². The fourth-order valence-corrected chi connectivity index (χ4v) is 3.36. The third kappa shape index (κ3) is 1.81. The number of hydrogen-bond donors (Lipinski definition) is 1. The van der Waals surface area contributed by atoms with Gasteiger partial charge in [-0.05, 0) is 31.4 Å². The van der Waals surface area contributed by atoms with Crippen LogP contribution in [0.5, 0.6) is 0 Å². The first-order valence-electron chi connectivity index (χ1n) is 7.16. The normalized spacial score (nSPS) is 26.7. The summed E-state index contributed by atoms with van der Waals surface area (Å²) in [5.74, 6) is 0.738. The fraction of sp³-hybridized carbons (Fsp3) is 0.529. The summed E-state index contributed by atoms with van der Waals surface area (Å²) >= 11 is 0. The highest BCUT2D eigenvalue weighted by Crippen LogP contribution is 2.51. The van der Waals surface area contributed by atoms with E-state index in [1.807, 2.05) is 25.1 Å². The highest BCUT2D eigenvalue weighted by atomic mass is 16.4. The number of benzene rings is 1. The van der Waals surface area contributed by atoms with Gasteiger partial charge in [-0.1, -0.05) is 44.9 Å². The van der Waals surface area contributed by atoms with Gasteiger partial charge in [-0.3, -0.25) is 0 Å². The van der Waals surface area contributed by atoms with E-state index in [0.29, 0.717) is 0 Å². The second-order valence-electron chi connectivity index (χ2n) is 6.56. The van der Waals surface area contributed by atoms with Crippen molar-refractivity contribution in [3.63, 3.8) is 0 Å². The van der Waals surface area contributed by atoms with Gasteiger partial charge in [-0.2, -0.15) is 0 Å². The minimum atomic E-state index is -0.837. The number of rotatable bonds is 1. The third-order valence-corrected chi connectivity index (χ3v) is 4.86. The van der Waals surface area contributed by atoms with Crippen molar-refractivity contribution in [1.82, 2.24) is 0 Å². The second-order valence-corrected chi connectivity index (χ2v) is 6.56. The van der Waals surface area contributed by atoms with Crippen molar-refractivity contribution in [2.75, 3.05) is 0 Å². The molecule has 0 bridgehead atoms. The van der Waals surface area contributed by atoms with Crippen molar-refractivity contribution < 1.29 is 9.52 Å². The van der Waals surface area contributed by atoms with Gasteiger partial charge in [0.25, 0.3) is 0 Å². The van der Waals surface area contributed by atoms with Crippen molar-refractivity contribution in [3.05, 3.63) is 35.6 Å². The van der Waals surface area contributed by atoms with E-state index in [0.717, 1.165) is 41.6 Å². The number of aryl methyl sites for hydroxylation is 1. The molecule has 2 nitrogen and oxygen atoms in total. The minimum absolute atomic E-state index is 0.132. The smallest absolute Gasteiger partial charge is 0.137 e. The van der Waals surface area contributed by atoms with E-state index < -0.39 is 5.60 Å². The second kappa shape index (κ2) is 4.11. The molecule has 1 aliphatic carbocycles. The lowest BCUT2D eigenvalue weighted by molar-refractivity contribution is -0.117. The van der Waals surface area contributed by atoms with E-state index in [-0.39, 0.29) is 5.41 Å². The number of hydrogen-bond acceptors (Lipinski definition) is 2. The Kier molecular flexibility index (Phi) is 2.75. The standard InChI is InChI=1S/C17H22O2/c1-12-7-6-8-13-11-14(19-15(12)13)17(18)10-5-4-9-16(17,2)3/h6-8,11,18H,4-5,9-10H2,1-3H3. The molecule has 0 saturated heterocycles. The maximum atomic E-state index is 11.2. The summed E-state index contributed by atoms with van der Waals surface area (Å²) in [5.41, 5.74) is 1.07. The molecule has 2 heteroatoms. The molecular weight excluding hydrogens is 236 g/mol. The predicted molar refractivity (Wildman–Crippen MR) is 77.1 cm³/mol. The zero-order valence-electron chi connectivity index (χ0n) is 12.0. The molecule has 1 fully saturated rings. The lowest BCUT2D eigenvalue weighted by Gasteiger charge is -2.45. The van der Waals surface area contributed by atoms with Crippen LogP contribution in [0.15, 0.2) is 28.7 Å². The van der Waals surface area contributed by atoms with E-state index in [1.54, 1.807) is 0 Å².